The maximum Gasteiger partial charge on any atom is 0.0198 e. The van der Waals surface area contributed by atoms with Gasteiger partial charge in [0.2, 0.25) is 0 Å². The van der Waals surface area contributed by atoms with E-state index in [1.54, 1.807) is 0 Å². The second-order valence-electron chi connectivity index (χ2n) is 3.83. The van der Waals surface area contributed by atoms with Crippen LogP contribution < -0.4 is 5.32 Å². The molecule has 9 heavy (non-hydrogen) atoms. The number of hydrogen-bond acceptors (Lipinski definition) is 1. The van der Waals surface area contributed by atoms with E-state index in [9.17, 15) is 0 Å². The van der Waals surface area contributed by atoms with Gasteiger partial charge >= 0.3 is 0 Å². The van der Waals surface area contributed by atoms with Crippen LogP contribution in [-0.2, 0) is 0 Å². The van der Waals surface area contributed by atoms with Crippen molar-refractivity contribution in [2.24, 2.45) is 5.41 Å². The molecule has 1 fully saturated rings. The minimum atomic E-state index is 0.564. The predicted octanol–water partition coefficient (Wildman–Crippen LogP) is 1.78. The summed E-state index contributed by atoms with van der Waals surface area (Å²) in [6.07, 6.45) is 2.65. The zero-order chi connectivity index (χ0) is 6.91. The van der Waals surface area contributed by atoms with E-state index in [1.165, 1.54) is 19.4 Å². The quantitative estimate of drug-likeness (QED) is 0.573. The zero-order valence-electron chi connectivity index (χ0n) is 6.70. The van der Waals surface area contributed by atoms with Crippen molar-refractivity contribution in [3.05, 3.63) is 0 Å². The maximum atomic E-state index is 3.32. The summed E-state index contributed by atoms with van der Waals surface area (Å²) in [5.74, 6) is 0. The lowest BCUT2D eigenvalue weighted by Crippen LogP contribution is -2.13. The molecule has 1 nitrogen and oxygen atoms in total. The van der Waals surface area contributed by atoms with Crippen LogP contribution in [-0.4, -0.2) is 12.6 Å². The first-order valence-corrected chi connectivity index (χ1v) is 3.87. The largest absolute Gasteiger partial charge is 0.311 e. The van der Waals surface area contributed by atoms with E-state index in [0.717, 1.165) is 6.04 Å². The van der Waals surface area contributed by atoms with Gasteiger partial charge in [0.15, 0.2) is 0 Å². The van der Waals surface area contributed by atoms with Gasteiger partial charge in [-0.25, -0.2) is 0 Å². The summed E-state index contributed by atoms with van der Waals surface area (Å²) < 4.78 is 0. The predicted molar refractivity (Wildman–Crippen MR) is 40.5 cm³/mol. The summed E-state index contributed by atoms with van der Waals surface area (Å²) in [5, 5.41) is 3.32. The van der Waals surface area contributed by atoms with Gasteiger partial charge in [0.25, 0.3) is 0 Å². The van der Waals surface area contributed by atoms with E-state index in [-0.39, 0.29) is 0 Å². The Hall–Kier alpha value is -0.0400. The van der Waals surface area contributed by atoms with E-state index < -0.39 is 0 Å². The summed E-state index contributed by atoms with van der Waals surface area (Å²) in [7, 11) is 0. The average molecular weight is 127 g/mol. The van der Waals surface area contributed by atoms with E-state index in [4.69, 9.17) is 0 Å². The summed E-state index contributed by atoms with van der Waals surface area (Å²) in [6, 6.07) is 0.847. The molecule has 0 aromatic heterocycles. The summed E-state index contributed by atoms with van der Waals surface area (Å²) in [5.41, 5.74) is 0.564. The van der Waals surface area contributed by atoms with Crippen molar-refractivity contribution in [1.29, 1.82) is 0 Å². The van der Waals surface area contributed by atoms with Gasteiger partial charge in [-0.2, -0.15) is 0 Å². The van der Waals surface area contributed by atoms with Gasteiger partial charge in [-0.15, -0.1) is 0 Å². The molecular formula is C8H17N. The maximum absolute atomic E-state index is 3.32. The molecule has 1 aliphatic heterocycles. The monoisotopic (exact) mass is 127 g/mol. The summed E-state index contributed by atoms with van der Waals surface area (Å²) in [4.78, 5) is 0. The zero-order valence-corrected chi connectivity index (χ0v) is 6.70. The molecule has 0 aliphatic carbocycles. The fourth-order valence-corrected chi connectivity index (χ4v) is 1.04. The number of nitrogens with one attached hydrogen (secondary N) is 1. The first-order valence-electron chi connectivity index (χ1n) is 3.87. The summed E-state index contributed by atoms with van der Waals surface area (Å²) >= 11 is 0. The van der Waals surface area contributed by atoms with Gasteiger partial charge in [-0.05, 0) is 11.8 Å². The standard InChI is InChI=1S/C8H17N/c1-4-8(2,3)5-7-6-9-7/h7,9H,4-6H2,1-3H3. The summed E-state index contributed by atoms with van der Waals surface area (Å²) in [6.45, 7) is 8.20. The van der Waals surface area contributed by atoms with Gasteiger partial charge in [-0.1, -0.05) is 27.2 Å². The molecule has 1 saturated heterocycles. The normalized spacial score (nSPS) is 26.3. The third kappa shape index (κ3) is 2.35. The molecule has 1 unspecified atom stereocenters. The van der Waals surface area contributed by atoms with E-state index in [1.807, 2.05) is 0 Å². The minimum absolute atomic E-state index is 0.564. The Morgan fingerprint density at radius 3 is 2.44 bits per heavy atom. The molecule has 1 heterocycles. The molecule has 0 amide bonds. The Kier molecular flexibility index (Phi) is 1.80. The lowest BCUT2D eigenvalue weighted by Gasteiger charge is -2.21. The van der Waals surface area contributed by atoms with Crippen molar-refractivity contribution in [1.82, 2.24) is 5.32 Å². The van der Waals surface area contributed by atoms with Crippen LogP contribution in [0.5, 0.6) is 0 Å². The van der Waals surface area contributed by atoms with Crippen LogP contribution in [0.2, 0.25) is 0 Å². The molecule has 1 N–H and O–H groups in total. The highest BCUT2D eigenvalue weighted by atomic mass is 15.1. The molecule has 0 saturated carbocycles. The fourth-order valence-electron chi connectivity index (χ4n) is 1.04. The van der Waals surface area contributed by atoms with Gasteiger partial charge < -0.3 is 5.32 Å². The van der Waals surface area contributed by atoms with Crippen LogP contribution in [0.15, 0.2) is 0 Å². The first kappa shape index (κ1) is 7.07. The molecule has 54 valence electrons. The number of hydrogen-bond donors (Lipinski definition) is 1. The average Bonchev–Trinajstić information content (AvgIpc) is 2.50. The molecule has 0 bridgehead atoms. The Morgan fingerprint density at radius 2 is 2.11 bits per heavy atom. The topological polar surface area (TPSA) is 21.9 Å². The van der Waals surface area contributed by atoms with Crippen molar-refractivity contribution < 1.29 is 0 Å². The molecule has 0 spiro atoms. The molecule has 1 rings (SSSR count). The van der Waals surface area contributed by atoms with Crippen LogP contribution >= 0.6 is 0 Å². The van der Waals surface area contributed by atoms with Crippen molar-refractivity contribution in [2.45, 2.75) is 39.7 Å². The molecule has 1 atom stereocenters. The Balaban J connectivity index is 2.21. The Labute approximate surface area is 57.8 Å². The highest BCUT2D eigenvalue weighted by molar-refractivity contribution is 4.87. The van der Waals surface area contributed by atoms with Gasteiger partial charge in [0.1, 0.15) is 0 Å². The first-order chi connectivity index (χ1) is 4.14. The van der Waals surface area contributed by atoms with Crippen molar-refractivity contribution in [3.63, 3.8) is 0 Å². The van der Waals surface area contributed by atoms with Gasteiger partial charge in [0.05, 0.1) is 0 Å². The molecular weight excluding hydrogens is 110 g/mol. The van der Waals surface area contributed by atoms with Crippen molar-refractivity contribution in [2.75, 3.05) is 6.54 Å². The van der Waals surface area contributed by atoms with Crippen LogP contribution in [0.25, 0.3) is 0 Å². The molecule has 0 aromatic carbocycles. The minimum Gasteiger partial charge on any atom is -0.311 e. The second-order valence-corrected chi connectivity index (χ2v) is 3.83. The van der Waals surface area contributed by atoms with Crippen LogP contribution in [0.3, 0.4) is 0 Å². The van der Waals surface area contributed by atoms with Gasteiger partial charge in [-0.3, -0.25) is 0 Å². The number of rotatable bonds is 3. The molecule has 1 heteroatoms. The van der Waals surface area contributed by atoms with E-state index in [0.29, 0.717) is 5.41 Å². The van der Waals surface area contributed by atoms with Crippen LogP contribution in [0, 0.1) is 5.41 Å². The molecule has 0 aromatic rings. The lowest BCUT2D eigenvalue weighted by atomic mass is 9.85. The Morgan fingerprint density at radius 1 is 1.56 bits per heavy atom. The lowest BCUT2D eigenvalue weighted by molar-refractivity contribution is 0.320. The third-order valence-electron chi connectivity index (χ3n) is 2.25. The second kappa shape index (κ2) is 2.30. The highest BCUT2D eigenvalue weighted by Gasteiger charge is 2.27. The fraction of sp³-hybridized carbons (Fsp3) is 1.00. The molecule has 1 aliphatic rings. The smallest absolute Gasteiger partial charge is 0.0198 e. The van der Waals surface area contributed by atoms with Gasteiger partial charge in [0, 0.05) is 12.6 Å². The Bertz CT molecular complexity index is 92.7. The SMILES string of the molecule is CCC(C)(C)CC1CN1. The van der Waals surface area contributed by atoms with Crippen LogP contribution in [0.1, 0.15) is 33.6 Å². The van der Waals surface area contributed by atoms with Crippen LogP contribution in [0.4, 0.5) is 0 Å². The van der Waals surface area contributed by atoms with Crippen molar-refractivity contribution in [3.8, 4) is 0 Å². The third-order valence-corrected chi connectivity index (χ3v) is 2.25. The highest BCUT2D eigenvalue weighted by Crippen LogP contribution is 2.28. The van der Waals surface area contributed by atoms with E-state index >= 15 is 0 Å². The van der Waals surface area contributed by atoms with Crippen molar-refractivity contribution >= 4 is 0 Å². The molecule has 0 radical (unpaired) electrons. The van der Waals surface area contributed by atoms with E-state index in [2.05, 4.69) is 26.1 Å².